The molecule has 2 N–H and O–H groups in total. The van der Waals surface area contributed by atoms with E-state index >= 15 is 0 Å². The van der Waals surface area contributed by atoms with Gasteiger partial charge in [0.1, 0.15) is 6.04 Å². The lowest BCUT2D eigenvalue weighted by Gasteiger charge is -2.20. The number of benzene rings is 1. The molecule has 1 aromatic heterocycles. The molecule has 2 aromatic rings. The third-order valence-electron chi connectivity index (χ3n) is 4.17. The normalized spacial score (nSPS) is 12.4. The van der Waals surface area contributed by atoms with E-state index in [0.29, 0.717) is 18.5 Å². The van der Waals surface area contributed by atoms with E-state index in [1.165, 1.54) is 16.9 Å². The van der Waals surface area contributed by atoms with Crippen molar-refractivity contribution >= 4 is 34.9 Å². The molecule has 2 amide bonds. The predicted octanol–water partition coefficient (Wildman–Crippen LogP) is 3.61. The van der Waals surface area contributed by atoms with Gasteiger partial charge in [0.15, 0.2) is 0 Å². The predicted molar refractivity (Wildman–Crippen MR) is 113 cm³/mol. The Morgan fingerprint density at radius 3 is 2.48 bits per heavy atom. The zero-order valence-corrected chi connectivity index (χ0v) is 17.9. The fourth-order valence-electron chi connectivity index (χ4n) is 2.49. The molecular weight excluding hydrogens is 378 g/mol. The van der Waals surface area contributed by atoms with E-state index in [2.05, 4.69) is 36.4 Å². The van der Waals surface area contributed by atoms with Gasteiger partial charge in [-0.15, -0.1) is 11.3 Å². The summed E-state index contributed by atoms with van der Waals surface area (Å²) in [6, 6.07) is 7.00. The zero-order chi connectivity index (χ0) is 19.9. The molecule has 5 nitrogen and oxygen atoms in total. The van der Waals surface area contributed by atoms with Crippen LogP contribution in [0.2, 0.25) is 0 Å². The standard InChI is InChI=1S/C20H27N3O2S2/c1-20(2,3)15-7-5-14(6-8-15)18(24)23-17(9-10-26-4)19(25)21-11-16-12-27-13-22-16/h5-8,12-13,17H,9-11H2,1-4H3,(H,21,25)(H,23,24). The number of carbonyl (C=O) groups excluding carboxylic acids is 2. The number of thioether (sulfide) groups is 1. The van der Waals surface area contributed by atoms with E-state index in [-0.39, 0.29) is 17.2 Å². The molecule has 0 saturated heterocycles. The van der Waals surface area contributed by atoms with Crippen LogP contribution in [0.25, 0.3) is 0 Å². The highest BCUT2D eigenvalue weighted by atomic mass is 32.2. The summed E-state index contributed by atoms with van der Waals surface area (Å²) in [4.78, 5) is 29.3. The summed E-state index contributed by atoms with van der Waals surface area (Å²) in [7, 11) is 0. The Hall–Kier alpha value is -1.86. The minimum atomic E-state index is -0.564. The highest BCUT2D eigenvalue weighted by molar-refractivity contribution is 7.98. The SMILES string of the molecule is CSCCC(NC(=O)c1ccc(C(C)(C)C)cc1)C(=O)NCc1cscn1. The smallest absolute Gasteiger partial charge is 0.251 e. The molecule has 0 fully saturated rings. The first-order valence-electron chi connectivity index (χ1n) is 8.86. The number of nitrogens with one attached hydrogen (secondary N) is 2. The minimum Gasteiger partial charge on any atom is -0.349 e. The van der Waals surface area contributed by atoms with Crippen molar-refractivity contribution in [1.29, 1.82) is 0 Å². The quantitative estimate of drug-likeness (QED) is 0.704. The molecule has 0 aliphatic heterocycles. The van der Waals surface area contributed by atoms with Crippen molar-refractivity contribution < 1.29 is 9.59 Å². The van der Waals surface area contributed by atoms with E-state index in [1.807, 2.05) is 35.9 Å². The molecule has 1 aromatic carbocycles. The van der Waals surface area contributed by atoms with Gasteiger partial charge >= 0.3 is 0 Å². The average molecular weight is 406 g/mol. The first-order chi connectivity index (χ1) is 12.8. The van der Waals surface area contributed by atoms with Crippen LogP contribution in [-0.4, -0.2) is 34.8 Å². The van der Waals surface area contributed by atoms with Crippen LogP contribution in [0.4, 0.5) is 0 Å². The lowest BCUT2D eigenvalue weighted by Crippen LogP contribution is -2.46. The second kappa shape index (κ2) is 9.90. The second-order valence-electron chi connectivity index (χ2n) is 7.33. The van der Waals surface area contributed by atoms with Crippen LogP contribution in [0.3, 0.4) is 0 Å². The highest BCUT2D eigenvalue weighted by Crippen LogP contribution is 2.22. The van der Waals surface area contributed by atoms with E-state index in [0.717, 1.165) is 11.4 Å². The van der Waals surface area contributed by atoms with Gasteiger partial charge in [-0.1, -0.05) is 32.9 Å². The minimum absolute atomic E-state index is 0.0332. The van der Waals surface area contributed by atoms with Crippen molar-refractivity contribution in [2.75, 3.05) is 12.0 Å². The van der Waals surface area contributed by atoms with Crippen molar-refractivity contribution in [3.8, 4) is 0 Å². The number of thiazole rings is 1. The van der Waals surface area contributed by atoms with E-state index in [9.17, 15) is 9.59 Å². The molecule has 0 spiro atoms. The van der Waals surface area contributed by atoms with Crippen molar-refractivity contribution in [3.05, 3.63) is 52.0 Å². The monoisotopic (exact) mass is 405 g/mol. The van der Waals surface area contributed by atoms with E-state index in [4.69, 9.17) is 0 Å². The molecule has 0 aliphatic carbocycles. The highest BCUT2D eigenvalue weighted by Gasteiger charge is 2.21. The Labute approximate surface area is 169 Å². The van der Waals surface area contributed by atoms with Gasteiger partial charge in [0.05, 0.1) is 17.7 Å². The Morgan fingerprint density at radius 2 is 1.93 bits per heavy atom. The maximum Gasteiger partial charge on any atom is 0.251 e. The average Bonchev–Trinajstić information content (AvgIpc) is 3.16. The summed E-state index contributed by atoms with van der Waals surface area (Å²) in [6.07, 6.45) is 2.56. The Bertz CT molecular complexity index is 738. The summed E-state index contributed by atoms with van der Waals surface area (Å²) in [5.74, 6) is 0.375. The lowest BCUT2D eigenvalue weighted by molar-refractivity contribution is -0.123. The number of carbonyl (C=O) groups is 2. The number of nitrogens with zero attached hydrogens (tertiary/aromatic N) is 1. The maximum absolute atomic E-state index is 12.6. The van der Waals surface area contributed by atoms with Gasteiger partial charge in [0, 0.05) is 10.9 Å². The van der Waals surface area contributed by atoms with Gasteiger partial charge in [-0.3, -0.25) is 9.59 Å². The molecule has 1 heterocycles. The third-order valence-corrected chi connectivity index (χ3v) is 5.45. The molecular formula is C20H27N3O2S2. The summed E-state index contributed by atoms with van der Waals surface area (Å²) in [5, 5.41) is 7.63. The molecule has 0 aliphatic rings. The summed E-state index contributed by atoms with van der Waals surface area (Å²) < 4.78 is 0. The van der Waals surface area contributed by atoms with Crippen LogP contribution in [-0.2, 0) is 16.8 Å². The Morgan fingerprint density at radius 1 is 1.22 bits per heavy atom. The number of hydrogen-bond acceptors (Lipinski definition) is 5. The van der Waals surface area contributed by atoms with Crippen molar-refractivity contribution in [1.82, 2.24) is 15.6 Å². The van der Waals surface area contributed by atoms with Gasteiger partial charge in [0.25, 0.3) is 5.91 Å². The van der Waals surface area contributed by atoms with Gasteiger partial charge in [-0.25, -0.2) is 4.98 Å². The largest absolute Gasteiger partial charge is 0.349 e. The van der Waals surface area contributed by atoms with Gasteiger partial charge in [-0.2, -0.15) is 11.8 Å². The Balaban J connectivity index is 2.00. The lowest BCUT2D eigenvalue weighted by atomic mass is 9.86. The first kappa shape index (κ1) is 21.4. The van der Waals surface area contributed by atoms with Gasteiger partial charge in [0.2, 0.25) is 5.91 Å². The topological polar surface area (TPSA) is 71.1 Å². The van der Waals surface area contributed by atoms with Crippen LogP contribution >= 0.6 is 23.1 Å². The summed E-state index contributed by atoms with van der Waals surface area (Å²) in [5.41, 5.74) is 4.31. The fourth-order valence-corrected chi connectivity index (χ4v) is 3.52. The third kappa shape index (κ3) is 6.66. The van der Waals surface area contributed by atoms with Crippen molar-refractivity contribution in [2.24, 2.45) is 0 Å². The number of hydrogen-bond donors (Lipinski definition) is 2. The molecule has 1 unspecified atom stereocenters. The molecule has 7 heteroatoms. The Kier molecular flexibility index (Phi) is 7.86. The molecule has 27 heavy (non-hydrogen) atoms. The van der Waals surface area contributed by atoms with Crippen LogP contribution in [0, 0.1) is 0 Å². The molecule has 0 saturated carbocycles. The zero-order valence-electron chi connectivity index (χ0n) is 16.2. The van der Waals surface area contributed by atoms with Crippen molar-refractivity contribution in [3.63, 3.8) is 0 Å². The molecule has 0 radical (unpaired) electrons. The summed E-state index contributed by atoms with van der Waals surface area (Å²) in [6.45, 7) is 6.77. The fraction of sp³-hybridized carbons (Fsp3) is 0.450. The molecule has 146 valence electrons. The first-order valence-corrected chi connectivity index (χ1v) is 11.2. The van der Waals surface area contributed by atoms with Gasteiger partial charge in [-0.05, 0) is 41.5 Å². The van der Waals surface area contributed by atoms with Crippen LogP contribution in [0.1, 0.15) is 48.8 Å². The number of aromatic nitrogens is 1. The molecule has 0 bridgehead atoms. The maximum atomic E-state index is 12.6. The van der Waals surface area contributed by atoms with Crippen LogP contribution in [0.15, 0.2) is 35.2 Å². The number of rotatable bonds is 8. The van der Waals surface area contributed by atoms with E-state index < -0.39 is 6.04 Å². The number of amides is 2. The van der Waals surface area contributed by atoms with Crippen LogP contribution < -0.4 is 10.6 Å². The van der Waals surface area contributed by atoms with Crippen LogP contribution in [0.5, 0.6) is 0 Å². The van der Waals surface area contributed by atoms with Crippen molar-refractivity contribution in [2.45, 2.75) is 45.2 Å². The molecule has 1 atom stereocenters. The second-order valence-corrected chi connectivity index (χ2v) is 9.04. The van der Waals surface area contributed by atoms with E-state index in [1.54, 1.807) is 17.3 Å². The molecule has 2 rings (SSSR count). The van der Waals surface area contributed by atoms with Gasteiger partial charge < -0.3 is 10.6 Å². The summed E-state index contributed by atoms with van der Waals surface area (Å²) >= 11 is 3.14.